The molecule has 9 heteroatoms. The summed E-state index contributed by atoms with van der Waals surface area (Å²) in [5, 5.41) is 0.757. The number of ether oxygens (including phenoxy) is 2. The van der Waals surface area contributed by atoms with Gasteiger partial charge in [-0.2, -0.15) is 13.2 Å². The molecule has 0 fully saturated rings. The fourth-order valence-corrected chi connectivity index (χ4v) is 4.14. The van der Waals surface area contributed by atoms with Crippen molar-refractivity contribution in [2.45, 2.75) is 46.2 Å². The number of carbonyl (C=O) groups excluding carboxylic acids is 2. The average Bonchev–Trinajstić information content (AvgIpc) is 3.01. The van der Waals surface area contributed by atoms with Crippen LogP contribution in [0.1, 0.15) is 60.3 Å². The zero-order valence-corrected chi connectivity index (χ0v) is 19.5. The molecule has 3 aromatic rings. The molecule has 0 spiro atoms. The zero-order valence-electron chi connectivity index (χ0n) is 18.8. The van der Waals surface area contributed by atoms with Crippen LogP contribution < -0.4 is 9.47 Å². The van der Waals surface area contributed by atoms with Crippen LogP contribution in [0, 0.1) is 6.92 Å². The van der Waals surface area contributed by atoms with Gasteiger partial charge < -0.3 is 9.47 Å². The summed E-state index contributed by atoms with van der Waals surface area (Å²) in [6.45, 7) is 6.77. The second-order valence-corrected chi connectivity index (χ2v) is 8.14. The molecule has 0 bridgehead atoms. The van der Waals surface area contributed by atoms with Crippen LogP contribution in [0.3, 0.4) is 0 Å². The topological polar surface area (TPSA) is 57.5 Å². The van der Waals surface area contributed by atoms with Gasteiger partial charge in [-0.05, 0) is 49.6 Å². The van der Waals surface area contributed by atoms with Crippen molar-refractivity contribution in [3.8, 4) is 11.5 Å². The van der Waals surface area contributed by atoms with E-state index in [2.05, 4.69) is 0 Å². The summed E-state index contributed by atoms with van der Waals surface area (Å²) < 4.78 is 51.2. The highest BCUT2D eigenvalue weighted by Gasteiger charge is 2.32. The number of aromatic nitrogens is 1. The van der Waals surface area contributed by atoms with Gasteiger partial charge in [-0.3, -0.25) is 14.2 Å². The number of hydrogen-bond donors (Lipinski definition) is 0. The van der Waals surface area contributed by atoms with Crippen LogP contribution in [0.5, 0.6) is 11.5 Å². The van der Waals surface area contributed by atoms with E-state index in [0.29, 0.717) is 34.3 Å². The molecule has 0 aliphatic heterocycles. The van der Waals surface area contributed by atoms with Gasteiger partial charge in [0.15, 0.2) is 5.75 Å². The maximum atomic E-state index is 13.4. The number of alkyl halides is 3. The van der Waals surface area contributed by atoms with Crippen molar-refractivity contribution in [3.63, 3.8) is 0 Å². The molecule has 0 N–H and O–H groups in total. The number of esters is 1. The van der Waals surface area contributed by atoms with E-state index in [1.807, 2.05) is 13.8 Å². The molecule has 2 aromatic carbocycles. The third-order valence-electron chi connectivity index (χ3n) is 5.60. The number of carbonyl (C=O) groups is 2. The summed E-state index contributed by atoms with van der Waals surface area (Å²) in [6.07, 6.45) is -3.81. The van der Waals surface area contributed by atoms with E-state index in [1.54, 1.807) is 6.92 Å². The molecule has 0 amide bonds. The normalized spacial score (nSPS) is 12.6. The molecule has 0 saturated heterocycles. The lowest BCUT2D eigenvalue weighted by molar-refractivity contribution is -0.137. The van der Waals surface area contributed by atoms with Gasteiger partial charge in [-0.1, -0.05) is 25.4 Å². The third-order valence-corrected chi connectivity index (χ3v) is 5.88. The first kappa shape index (κ1) is 24.6. The van der Waals surface area contributed by atoms with Crippen molar-refractivity contribution in [3.05, 3.63) is 57.7 Å². The lowest BCUT2D eigenvalue weighted by atomic mass is 9.93. The van der Waals surface area contributed by atoms with Gasteiger partial charge in [0.2, 0.25) is 0 Å². The van der Waals surface area contributed by atoms with E-state index in [9.17, 15) is 22.8 Å². The quantitative estimate of drug-likeness (QED) is 0.378. The number of halogens is 4. The molecule has 0 saturated carbocycles. The van der Waals surface area contributed by atoms with E-state index < -0.39 is 23.6 Å². The van der Waals surface area contributed by atoms with E-state index in [1.165, 1.54) is 24.7 Å². The first-order chi connectivity index (χ1) is 15.4. The Hall–Kier alpha value is -3.00. The van der Waals surface area contributed by atoms with Crippen LogP contribution in [0.25, 0.3) is 10.9 Å². The lowest BCUT2D eigenvalue weighted by Crippen LogP contribution is -2.14. The van der Waals surface area contributed by atoms with Gasteiger partial charge in [0, 0.05) is 18.1 Å². The standard InChI is InChI=1S/C24H23ClF3NO4/c1-6-12(2)19-20-18(11-17(25)22(19)32-5)29(13(3)21(20)33-14(4)30)23(31)15-7-9-16(10-8-15)24(26,27)28/h7-12H,6H2,1-5H3. The van der Waals surface area contributed by atoms with Crippen LogP contribution in [0.15, 0.2) is 30.3 Å². The summed E-state index contributed by atoms with van der Waals surface area (Å²) in [5.74, 6) is -0.634. The monoisotopic (exact) mass is 481 g/mol. The summed E-state index contributed by atoms with van der Waals surface area (Å²) in [7, 11) is 1.47. The Morgan fingerprint density at radius 2 is 1.76 bits per heavy atom. The van der Waals surface area contributed by atoms with Gasteiger partial charge >= 0.3 is 12.1 Å². The van der Waals surface area contributed by atoms with Crippen LogP contribution in [-0.4, -0.2) is 23.6 Å². The molecule has 0 aliphatic carbocycles. The van der Waals surface area contributed by atoms with E-state index in [4.69, 9.17) is 21.1 Å². The average molecular weight is 482 g/mol. The van der Waals surface area contributed by atoms with Crippen LogP contribution in [-0.2, 0) is 11.0 Å². The number of rotatable bonds is 5. The van der Waals surface area contributed by atoms with Gasteiger partial charge in [-0.25, -0.2) is 0 Å². The summed E-state index contributed by atoms with van der Waals surface area (Å²) in [5.41, 5.74) is 0.546. The van der Waals surface area contributed by atoms with Crippen molar-refractivity contribution in [1.29, 1.82) is 0 Å². The molecule has 1 unspecified atom stereocenters. The number of methoxy groups -OCH3 is 1. The minimum absolute atomic E-state index is 0.0365. The Morgan fingerprint density at radius 3 is 2.24 bits per heavy atom. The van der Waals surface area contributed by atoms with Gasteiger partial charge in [-0.15, -0.1) is 0 Å². The van der Waals surface area contributed by atoms with Crippen LogP contribution in [0.2, 0.25) is 5.02 Å². The molecule has 176 valence electrons. The van der Waals surface area contributed by atoms with Crippen LogP contribution >= 0.6 is 11.6 Å². The van der Waals surface area contributed by atoms with E-state index in [0.717, 1.165) is 24.3 Å². The molecule has 3 rings (SSSR count). The summed E-state index contributed by atoms with van der Waals surface area (Å²) >= 11 is 6.49. The summed E-state index contributed by atoms with van der Waals surface area (Å²) in [6, 6.07) is 5.46. The third kappa shape index (κ3) is 4.44. The second kappa shape index (κ2) is 9.09. The van der Waals surface area contributed by atoms with Crippen molar-refractivity contribution in [2.24, 2.45) is 0 Å². The Kier molecular flexibility index (Phi) is 6.79. The molecular weight excluding hydrogens is 459 g/mol. The largest absolute Gasteiger partial charge is 0.495 e. The molecule has 1 atom stereocenters. The molecule has 0 aliphatic rings. The first-order valence-electron chi connectivity index (χ1n) is 10.2. The molecule has 1 aromatic heterocycles. The molecule has 33 heavy (non-hydrogen) atoms. The Morgan fingerprint density at radius 1 is 1.15 bits per heavy atom. The highest BCUT2D eigenvalue weighted by atomic mass is 35.5. The first-order valence-corrected chi connectivity index (χ1v) is 10.6. The Bertz CT molecular complexity index is 1230. The van der Waals surface area contributed by atoms with Crippen molar-refractivity contribution in [1.82, 2.24) is 4.57 Å². The van der Waals surface area contributed by atoms with Gasteiger partial charge in [0.25, 0.3) is 5.91 Å². The van der Waals surface area contributed by atoms with E-state index in [-0.39, 0.29) is 22.3 Å². The number of nitrogens with zero attached hydrogens (tertiary/aromatic N) is 1. The molecule has 0 radical (unpaired) electrons. The SMILES string of the molecule is CCC(C)c1c(OC)c(Cl)cc2c1c(OC(C)=O)c(C)n2C(=O)c1ccc(C(F)(F)F)cc1. The predicted molar refractivity (Wildman–Crippen MR) is 119 cm³/mol. The van der Waals surface area contributed by atoms with Gasteiger partial charge in [0.1, 0.15) is 5.75 Å². The maximum absolute atomic E-state index is 13.4. The van der Waals surface area contributed by atoms with Crippen molar-refractivity contribution in [2.75, 3.05) is 7.11 Å². The second-order valence-electron chi connectivity index (χ2n) is 7.73. The number of fused-ring (bicyclic) bond motifs is 1. The number of hydrogen-bond acceptors (Lipinski definition) is 4. The highest BCUT2D eigenvalue weighted by molar-refractivity contribution is 6.33. The smallest absolute Gasteiger partial charge is 0.416 e. The van der Waals surface area contributed by atoms with Crippen molar-refractivity contribution >= 4 is 34.4 Å². The Labute approximate surface area is 194 Å². The summed E-state index contributed by atoms with van der Waals surface area (Å²) in [4.78, 5) is 25.3. The van der Waals surface area contributed by atoms with Crippen molar-refractivity contribution < 1.29 is 32.2 Å². The lowest BCUT2D eigenvalue weighted by Gasteiger charge is -2.18. The minimum Gasteiger partial charge on any atom is -0.495 e. The predicted octanol–water partition coefficient (Wildman–Crippen LogP) is 6.76. The zero-order chi connectivity index (χ0) is 24.7. The van der Waals surface area contributed by atoms with E-state index >= 15 is 0 Å². The molecule has 5 nitrogen and oxygen atoms in total. The fraction of sp³-hybridized carbons (Fsp3) is 0.333. The maximum Gasteiger partial charge on any atom is 0.416 e. The highest BCUT2D eigenvalue weighted by Crippen LogP contribution is 2.47. The Balaban J connectivity index is 2.34. The van der Waals surface area contributed by atoms with Gasteiger partial charge in [0.05, 0.1) is 34.3 Å². The molecule has 1 heterocycles. The minimum atomic E-state index is -4.52. The number of benzene rings is 2. The fourth-order valence-electron chi connectivity index (χ4n) is 3.86. The molecular formula is C24H23ClF3NO4. The van der Waals surface area contributed by atoms with Crippen LogP contribution in [0.4, 0.5) is 13.2 Å².